The second-order valence-electron chi connectivity index (χ2n) is 5.16. The van der Waals surface area contributed by atoms with Gasteiger partial charge in [0.1, 0.15) is 5.82 Å². The summed E-state index contributed by atoms with van der Waals surface area (Å²) in [6.07, 6.45) is 3.77. The van der Waals surface area contributed by atoms with Crippen molar-refractivity contribution in [1.29, 1.82) is 0 Å². The molecule has 0 bridgehead atoms. The highest BCUT2D eigenvalue weighted by Gasteiger charge is 2.17. The van der Waals surface area contributed by atoms with Gasteiger partial charge in [-0.1, -0.05) is 6.07 Å². The maximum Gasteiger partial charge on any atom is 0.226 e. The van der Waals surface area contributed by atoms with Crippen molar-refractivity contribution in [1.82, 2.24) is 5.32 Å². The fourth-order valence-corrected chi connectivity index (χ4v) is 2.49. The highest BCUT2D eigenvalue weighted by molar-refractivity contribution is 5.92. The maximum atomic E-state index is 13.1. The number of benzene rings is 1. The second-order valence-corrected chi connectivity index (χ2v) is 5.16. The van der Waals surface area contributed by atoms with Crippen LogP contribution in [0.15, 0.2) is 24.3 Å². The third-order valence-corrected chi connectivity index (χ3v) is 3.79. The zero-order valence-corrected chi connectivity index (χ0v) is 11.4. The lowest BCUT2D eigenvalue weighted by Gasteiger charge is -2.23. The van der Waals surface area contributed by atoms with Crippen LogP contribution in [0.2, 0.25) is 0 Å². The summed E-state index contributed by atoms with van der Waals surface area (Å²) in [5.41, 5.74) is 0.621. The van der Waals surface area contributed by atoms with E-state index in [1.807, 2.05) is 0 Å². The molecule has 0 atom stereocenters. The molecule has 1 saturated heterocycles. The summed E-state index contributed by atoms with van der Waals surface area (Å²) in [5.74, 6) is 0.394. The topological polar surface area (TPSA) is 32.3 Å². The Hall–Kier alpha value is -1.42. The summed E-state index contributed by atoms with van der Waals surface area (Å²) in [4.78, 5) is 13.6. The molecule has 1 N–H and O–H groups in total. The minimum Gasteiger partial charge on any atom is -0.317 e. The number of piperidine rings is 1. The van der Waals surface area contributed by atoms with Gasteiger partial charge in [-0.15, -0.1) is 0 Å². The van der Waals surface area contributed by atoms with Gasteiger partial charge in [0.2, 0.25) is 5.91 Å². The van der Waals surface area contributed by atoms with Gasteiger partial charge >= 0.3 is 0 Å². The van der Waals surface area contributed by atoms with E-state index in [1.165, 1.54) is 12.1 Å². The van der Waals surface area contributed by atoms with E-state index in [4.69, 9.17) is 0 Å². The number of carbonyl (C=O) groups excluding carboxylic acids is 1. The first kappa shape index (κ1) is 14.0. The van der Waals surface area contributed by atoms with Crippen LogP contribution in [0, 0.1) is 11.7 Å². The highest BCUT2D eigenvalue weighted by atomic mass is 19.1. The SMILES string of the molecule is CN(C(=O)CCC1CCNCC1)c1cccc(F)c1. The first-order valence-electron chi connectivity index (χ1n) is 6.89. The molecule has 0 saturated carbocycles. The molecule has 1 aromatic carbocycles. The Kier molecular flexibility index (Phi) is 4.91. The fraction of sp³-hybridized carbons (Fsp3) is 0.533. The number of carbonyl (C=O) groups is 1. The molecule has 1 fully saturated rings. The molecule has 1 aliphatic heterocycles. The van der Waals surface area contributed by atoms with Crippen LogP contribution < -0.4 is 10.2 Å². The van der Waals surface area contributed by atoms with Crippen LogP contribution in [-0.2, 0) is 4.79 Å². The maximum absolute atomic E-state index is 13.1. The van der Waals surface area contributed by atoms with Crippen molar-refractivity contribution in [2.45, 2.75) is 25.7 Å². The van der Waals surface area contributed by atoms with Crippen LogP contribution >= 0.6 is 0 Å². The summed E-state index contributed by atoms with van der Waals surface area (Å²) in [5, 5.41) is 3.32. The summed E-state index contributed by atoms with van der Waals surface area (Å²) in [6, 6.07) is 6.16. The van der Waals surface area contributed by atoms with Gasteiger partial charge in [0.05, 0.1) is 0 Å². The standard InChI is InChI=1S/C15H21FN2O/c1-18(14-4-2-3-13(16)11-14)15(19)6-5-12-7-9-17-10-8-12/h2-4,11-12,17H,5-10H2,1H3. The quantitative estimate of drug-likeness (QED) is 0.906. The predicted octanol–water partition coefficient (Wildman–Crippen LogP) is 2.57. The summed E-state index contributed by atoms with van der Waals surface area (Å²) < 4.78 is 13.1. The minimum absolute atomic E-state index is 0.0594. The third-order valence-electron chi connectivity index (χ3n) is 3.79. The molecule has 0 aliphatic carbocycles. The van der Waals surface area contributed by atoms with Crippen molar-refractivity contribution in [3.05, 3.63) is 30.1 Å². The zero-order chi connectivity index (χ0) is 13.7. The smallest absolute Gasteiger partial charge is 0.226 e. The van der Waals surface area contributed by atoms with E-state index >= 15 is 0 Å². The number of hydrogen-bond donors (Lipinski definition) is 1. The van der Waals surface area contributed by atoms with Crippen LogP contribution in [-0.4, -0.2) is 26.0 Å². The number of nitrogens with zero attached hydrogens (tertiary/aromatic N) is 1. The molecular weight excluding hydrogens is 243 g/mol. The Morgan fingerprint density at radius 1 is 1.42 bits per heavy atom. The Bertz CT molecular complexity index is 430. The van der Waals surface area contributed by atoms with Crippen molar-refractivity contribution in [3.8, 4) is 0 Å². The Morgan fingerprint density at radius 3 is 2.84 bits per heavy atom. The van der Waals surface area contributed by atoms with Crippen molar-refractivity contribution in [3.63, 3.8) is 0 Å². The molecule has 0 aromatic heterocycles. The minimum atomic E-state index is -0.310. The molecule has 1 amide bonds. The number of anilines is 1. The first-order chi connectivity index (χ1) is 9.16. The molecule has 3 nitrogen and oxygen atoms in total. The molecular formula is C15H21FN2O. The molecule has 19 heavy (non-hydrogen) atoms. The Morgan fingerprint density at radius 2 is 2.16 bits per heavy atom. The third kappa shape index (κ3) is 4.03. The fourth-order valence-electron chi connectivity index (χ4n) is 2.49. The molecule has 0 radical (unpaired) electrons. The van der Waals surface area contributed by atoms with E-state index in [1.54, 1.807) is 24.1 Å². The Balaban J connectivity index is 1.85. The van der Waals surface area contributed by atoms with Gasteiger partial charge in [-0.05, 0) is 56.5 Å². The van der Waals surface area contributed by atoms with Crippen molar-refractivity contribution in [2.24, 2.45) is 5.92 Å². The normalized spacial score (nSPS) is 16.3. The monoisotopic (exact) mass is 264 g/mol. The highest BCUT2D eigenvalue weighted by Crippen LogP contribution is 2.20. The van der Waals surface area contributed by atoms with Crippen LogP contribution in [0.25, 0.3) is 0 Å². The van der Waals surface area contributed by atoms with E-state index in [2.05, 4.69) is 5.32 Å². The predicted molar refractivity (Wildman–Crippen MR) is 74.6 cm³/mol. The molecule has 1 aliphatic rings. The van der Waals surface area contributed by atoms with E-state index < -0.39 is 0 Å². The lowest BCUT2D eigenvalue weighted by Crippen LogP contribution is -2.30. The molecule has 1 aromatic rings. The summed E-state index contributed by atoms with van der Waals surface area (Å²) in [6.45, 7) is 2.11. The second kappa shape index (κ2) is 6.66. The molecule has 0 spiro atoms. The van der Waals surface area contributed by atoms with Gasteiger partial charge in [0, 0.05) is 19.2 Å². The van der Waals surface area contributed by atoms with Gasteiger partial charge in [-0.25, -0.2) is 4.39 Å². The van der Waals surface area contributed by atoms with E-state index in [0.717, 1.165) is 32.4 Å². The van der Waals surface area contributed by atoms with E-state index in [9.17, 15) is 9.18 Å². The van der Waals surface area contributed by atoms with Crippen molar-refractivity contribution in [2.75, 3.05) is 25.0 Å². The zero-order valence-electron chi connectivity index (χ0n) is 11.4. The number of nitrogens with one attached hydrogen (secondary N) is 1. The molecule has 1 heterocycles. The molecule has 0 unspecified atom stereocenters. The number of amides is 1. The lowest BCUT2D eigenvalue weighted by atomic mass is 9.93. The van der Waals surface area contributed by atoms with Crippen LogP contribution in [0.4, 0.5) is 10.1 Å². The van der Waals surface area contributed by atoms with Crippen LogP contribution in [0.1, 0.15) is 25.7 Å². The number of halogens is 1. The average molecular weight is 264 g/mol. The summed E-state index contributed by atoms with van der Waals surface area (Å²) >= 11 is 0. The molecule has 4 heteroatoms. The number of rotatable bonds is 4. The van der Waals surface area contributed by atoms with Gasteiger partial charge in [0.25, 0.3) is 0 Å². The van der Waals surface area contributed by atoms with E-state index in [-0.39, 0.29) is 11.7 Å². The summed E-state index contributed by atoms with van der Waals surface area (Å²) in [7, 11) is 1.71. The van der Waals surface area contributed by atoms with Crippen molar-refractivity contribution >= 4 is 11.6 Å². The largest absolute Gasteiger partial charge is 0.317 e. The van der Waals surface area contributed by atoms with Crippen LogP contribution in [0.5, 0.6) is 0 Å². The lowest BCUT2D eigenvalue weighted by molar-refractivity contribution is -0.118. The number of hydrogen-bond acceptors (Lipinski definition) is 2. The van der Waals surface area contributed by atoms with Crippen LogP contribution in [0.3, 0.4) is 0 Å². The molecule has 2 rings (SSSR count). The van der Waals surface area contributed by atoms with E-state index in [0.29, 0.717) is 18.0 Å². The van der Waals surface area contributed by atoms with Gasteiger partial charge in [0.15, 0.2) is 0 Å². The Labute approximate surface area is 113 Å². The average Bonchev–Trinajstić information content (AvgIpc) is 2.45. The van der Waals surface area contributed by atoms with Crippen molar-refractivity contribution < 1.29 is 9.18 Å². The molecule has 104 valence electrons. The van der Waals surface area contributed by atoms with Gasteiger partial charge in [-0.3, -0.25) is 4.79 Å². The van der Waals surface area contributed by atoms with Gasteiger partial charge in [-0.2, -0.15) is 0 Å². The first-order valence-corrected chi connectivity index (χ1v) is 6.89. The van der Waals surface area contributed by atoms with Gasteiger partial charge < -0.3 is 10.2 Å².